The maximum absolute atomic E-state index is 8.93. The van der Waals surface area contributed by atoms with Crippen LogP contribution >= 0.6 is 24.0 Å². The van der Waals surface area contributed by atoms with Gasteiger partial charge in [0.15, 0.2) is 5.96 Å². The Labute approximate surface area is 207 Å². The highest BCUT2D eigenvalue weighted by molar-refractivity contribution is 14.0. The predicted octanol–water partition coefficient (Wildman–Crippen LogP) is 3.52. The lowest BCUT2D eigenvalue weighted by atomic mass is 10.1. The standard InChI is InChI=1S/C24H31N5O2.HI/c1-4-26-24(27-15-19-7-5-18(14-25)6-8-19)28-21-9-10-29(17-21)16-20-11-22(30-2)13-23(12-20)31-3;/h5-8,11-13,21H,4,9-10,15-17H2,1-3H3,(H2,26,27,28);1H. The van der Waals surface area contributed by atoms with Crippen LogP contribution in [0.2, 0.25) is 0 Å². The topological polar surface area (TPSA) is 81.9 Å². The van der Waals surface area contributed by atoms with E-state index in [2.05, 4.69) is 40.7 Å². The first kappa shape index (κ1) is 25.7. The molecule has 172 valence electrons. The van der Waals surface area contributed by atoms with Crippen molar-refractivity contribution in [2.45, 2.75) is 32.5 Å². The molecule has 2 aromatic rings. The second-order valence-electron chi connectivity index (χ2n) is 7.59. The summed E-state index contributed by atoms with van der Waals surface area (Å²) in [6.07, 6.45) is 1.06. The van der Waals surface area contributed by atoms with Gasteiger partial charge in [-0.15, -0.1) is 24.0 Å². The lowest BCUT2D eigenvalue weighted by molar-refractivity contribution is 0.321. The molecular weight excluding hydrogens is 517 g/mol. The fraction of sp³-hybridized carbons (Fsp3) is 0.417. The number of likely N-dealkylation sites (tertiary alicyclic amines) is 1. The van der Waals surface area contributed by atoms with Crippen LogP contribution < -0.4 is 20.1 Å². The average molecular weight is 549 g/mol. The minimum Gasteiger partial charge on any atom is -0.497 e. The van der Waals surface area contributed by atoms with Crippen molar-refractivity contribution >= 4 is 29.9 Å². The maximum atomic E-state index is 8.93. The summed E-state index contributed by atoms with van der Waals surface area (Å²) in [6, 6.07) is 16.1. The molecule has 2 N–H and O–H groups in total. The van der Waals surface area contributed by atoms with Gasteiger partial charge >= 0.3 is 0 Å². The molecule has 7 nitrogen and oxygen atoms in total. The van der Waals surface area contributed by atoms with Crippen LogP contribution in [0.25, 0.3) is 0 Å². The predicted molar refractivity (Wildman–Crippen MR) is 138 cm³/mol. The normalized spacial score (nSPS) is 16.1. The third-order valence-corrected chi connectivity index (χ3v) is 5.28. The van der Waals surface area contributed by atoms with E-state index < -0.39 is 0 Å². The molecule has 0 aromatic heterocycles. The molecule has 32 heavy (non-hydrogen) atoms. The van der Waals surface area contributed by atoms with Crippen molar-refractivity contribution in [3.05, 3.63) is 59.2 Å². The van der Waals surface area contributed by atoms with E-state index in [1.54, 1.807) is 14.2 Å². The van der Waals surface area contributed by atoms with E-state index in [1.807, 2.05) is 30.3 Å². The molecule has 1 unspecified atom stereocenters. The largest absolute Gasteiger partial charge is 0.497 e. The zero-order chi connectivity index (χ0) is 22.1. The fourth-order valence-corrected chi connectivity index (χ4v) is 3.68. The molecule has 0 saturated carbocycles. The van der Waals surface area contributed by atoms with Gasteiger partial charge < -0.3 is 20.1 Å². The molecule has 8 heteroatoms. The van der Waals surface area contributed by atoms with Crippen LogP contribution in [-0.2, 0) is 13.1 Å². The molecule has 0 amide bonds. The Hall–Kier alpha value is -2.51. The molecule has 0 bridgehead atoms. The Morgan fingerprint density at radius 2 is 1.81 bits per heavy atom. The van der Waals surface area contributed by atoms with E-state index in [9.17, 15) is 0 Å². The number of halogens is 1. The van der Waals surface area contributed by atoms with Crippen molar-refractivity contribution in [3.8, 4) is 17.6 Å². The van der Waals surface area contributed by atoms with Crippen LogP contribution in [-0.4, -0.2) is 50.8 Å². The average Bonchev–Trinajstić information content (AvgIpc) is 3.24. The van der Waals surface area contributed by atoms with Gasteiger partial charge in [-0.1, -0.05) is 12.1 Å². The van der Waals surface area contributed by atoms with Crippen LogP contribution in [0.5, 0.6) is 11.5 Å². The molecule has 3 rings (SSSR count). The Bertz CT molecular complexity index is 905. The molecule has 1 saturated heterocycles. The van der Waals surface area contributed by atoms with Crippen molar-refractivity contribution in [1.82, 2.24) is 15.5 Å². The van der Waals surface area contributed by atoms with E-state index in [4.69, 9.17) is 19.7 Å². The van der Waals surface area contributed by atoms with Crippen LogP contribution in [0.4, 0.5) is 0 Å². The third kappa shape index (κ3) is 7.57. The summed E-state index contributed by atoms with van der Waals surface area (Å²) < 4.78 is 10.8. The van der Waals surface area contributed by atoms with Gasteiger partial charge in [-0.05, 0) is 48.7 Å². The lowest BCUT2D eigenvalue weighted by Gasteiger charge is -2.19. The van der Waals surface area contributed by atoms with Gasteiger partial charge in [0.1, 0.15) is 11.5 Å². The van der Waals surface area contributed by atoms with Crippen molar-refractivity contribution < 1.29 is 9.47 Å². The number of hydrogen-bond acceptors (Lipinski definition) is 5. The number of methoxy groups -OCH3 is 2. The number of nitrogens with zero attached hydrogens (tertiary/aromatic N) is 3. The third-order valence-electron chi connectivity index (χ3n) is 5.28. The van der Waals surface area contributed by atoms with Crippen molar-refractivity contribution in [1.29, 1.82) is 5.26 Å². The first-order valence-electron chi connectivity index (χ1n) is 10.6. The highest BCUT2D eigenvalue weighted by Gasteiger charge is 2.23. The summed E-state index contributed by atoms with van der Waals surface area (Å²) in [5, 5.41) is 15.8. The maximum Gasteiger partial charge on any atom is 0.191 e. The number of nitrogens with one attached hydrogen (secondary N) is 2. The summed E-state index contributed by atoms with van der Waals surface area (Å²) >= 11 is 0. The summed E-state index contributed by atoms with van der Waals surface area (Å²) in [5.74, 6) is 2.45. The molecule has 1 fully saturated rings. The first-order valence-corrected chi connectivity index (χ1v) is 10.6. The molecule has 1 aliphatic rings. The number of hydrogen-bond donors (Lipinski definition) is 2. The number of rotatable bonds is 8. The van der Waals surface area contributed by atoms with Gasteiger partial charge in [0.2, 0.25) is 0 Å². The molecule has 1 atom stereocenters. The number of guanidine groups is 1. The number of ether oxygens (including phenoxy) is 2. The second kappa shape index (κ2) is 13.1. The lowest BCUT2D eigenvalue weighted by Crippen LogP contribution is -2.44. The van der Waals surface area contributed by atoms with E-state index >= 15 is 0 Å². The molecule has 1 aliphatic heterocycles. The quantitative estimate of drug-likeness (QED) is 0.298. The Balaban J connectivity index is 0.00000363. The van der Waals surface area contributed by atoms with Crippen molar-refractivity contribution in [2.24, 2.45) is 4.99 Å². The van der Waals surface area contributed by atoms with Gasteiger partial charge in [0, 0.05) is 38.3 Å². The minimum atomic E-state index is 0. The number of benzene rings is 2. The zero-order valence-electron chi connectivity index (χ0n) is 18.9. The van der Waals surface area contributed by atoms with Gasteiger partial charge in [-0.25, -0.2) is 4.99 Å². The molecule has 0 aliphatic carbocycles. The van der Waals surface area contributed by atoms with E-state index in [1.165, 1.54) is 5.56 Å². The number of nitriles is 1. The zero-order valence-corrected chi connectivity index (χ0v) is 21.3. The smallest absolute Gasteiger partial charge is 0.191 e. The van der Waals surface area contributed by atoms with Crippen LogP contribution in [0.1, 0.15) is 30.0 Å². The summed E-state index contributed by atoms with van der Waals surface area (Å²) in [5.41, 5.74) is 2.92. The highest BCUT2D eigenvalue weighted by Crippen LogP contribution is 2.24. The van der Waals surface area contributed by atoms with Gasteiger partial charge in [0.05, 0.1) is 32.4 Å². The van der Waals surface area contributed by atoms with Gasteiger partial charge in [0.25, 0.3) is 0 Å². The molecule has 1 heterocycles. The number of aliphatic imine (C=N–C) groups is 1. The molecule has 2 aromatic carbocycles. The molecular formula is C24H32IN5O2. The second-order valence-corrected chi connectivity index (χ2v) is 7.59. The summed E-state index contributed by atoms with van der Waals surface area (Å²) in [7, 11) is 3.35. The first-order chi connectivity index (χ1) is 15.1. The van der Waals surface area contributed by atoms with Crippen molar-refractivity contribution in [2.75, 3.05) is 33.9 Å². The summed E-state index contributed by atoms with van der Waals surface area (Å²) in [6.45, 7) is 6.26. The summed E-state index contributed by atoms with van der Waals surface area (Å²) in [4.78, 5) is 7.14. The van der Waals surface area contributed by atoms with Gasteiger partial charge in [-0.2, -0.15) is 5.26 Å². The molecule has 0 radical (unpaired) electrons. The van der Waals surface area contributed by atoms with Crippen LogP contribution in [0.3, 0.4) is 0 Å². The Morgan fingerprint density at radius 1 is 1.12 bits per heavy atom. The molecule has 0 spiro atoms. The SMILES string of the molecule is CCNC(=NCc1ccc(C#N)cc1)NC1CCN(Cc2cc(OC)cc(OC)c2)C1.I. The Morgan fingerprint density at radius 3 is 2.41 bits per heavy atom. The fourth-order valence-electron chi connectivity index (χ4n) is 3.68. The highest BCUT2D eigenvalue weighted by atomic mass is 127. The van der Waals surface area contributed by atoms with Crippen LogP contribution in [0, 0.1) is 11.3 Å². The monoisotopic (exact) mass is 549 g/mol. The van der Waals surface area contributed by atoms with E-state index in [0.717, 1.165) is 55.6 Å². The van der Waals surface area contributed by atoms with E-state index in [0.29, 0.717) is 18.2 Å². The van der Waals surface area contributed by atoms with Gasteiger partial charge in [-0.3, -0.25) is 4.90 Å². The van der Waals surface area contributed by atoms with Crippen molar-refractivity contribution in [3.63, 3.8) is 0 Å². The Kier molecular flexibility index (Phi) is 10.6. The minimum absolute atomic E-state index is 0. The van der Waals surface area contributed by atoms with E-state index in [-0.39, 0.29) is 24.0 Å². The van der Waals surface area contributed by atoms with Crippen LogP contribution in [0.15, 0.2) is 47.5 Å².